The van der Waals surface area contributed by atoms with Crippen LogP contribution in [0.5, 0.6) is 17.2 Å². The maximum absolute atomic E-state index is 13.4. The van der Waals surface area contributed by atoms with Gasteiger partial charge < -0.3 is 19.5 Å². The van der Waals surface area contributed by atoms with Gasteiger partial charge >= 0.3 is 0 Å². The summed E-state index contributed by atoms with van der Waals surface area (Å²) >= 11 is 0. The summed E-state index contributed by atoms with van der Waals surface area (Å²) in [5.74, 6) is -0.659. The fourth-order valence-corrected chi connectivity index (χ4v) is 5.53. The number of halogens is 2. The van der Waals surface area contributed by atoms with Gasteiger partial charge in [-0.15, -0.1) is 0 Å². The van der Waals surface area contributed by atoms with E-state index < -0.39 is 21.4 Å². The molecule has 1 heterocycles. The molecule has 2 aromatic rings. The second-order valence-corrected chi connectivity index (χ2v) is 11.3. The van der Waals surface area contributed by atoms with Crippen molar-refractivity contribution in [2.24, 2.45) is 11.3 Å². The van der Waals surface area contributed by atoms with Crippen LogP contribution in [0, 0.1) is 11.3 Å². The maximum atomic E-state index is 13.4. The number of ether oxygens (including phenoxy) is 3. The lowest BCUT2D eigenvalue weighted by Gasteiger charge is -2.36. The Morgan fingerprint density at radius 1 is 1.11 bits per heavy atom. The Kier molecular flexibility index (Phi) is 6.85. The minimum absolute atomic E-state index is 0.0136. The summed E-state index contributed by atoms with van der Waals surface area (Å²) in [6.07, 6.45) is 2.18. The van der Waals surface area contributed by atoms with E-state index in [1.54, 1.807) is 18.2 Å². The molecule has 2 N–H and O–H groups in total. The van der Waals surface area contributed by atoms with Gasteiger partial charge in [0.25, 0.3) is 5.92 Å². The van der Waals surface area contributed by atoms with Crippen molar-refractivity contribution < 1.29 is 31.4 Å². The molecule has 2 aliphatic rings. The molecule has 2 fully saturated rings. The predicted molar refractivity (Wildman–Crippen MR) is 127 cm³/mol. The molecule has 8 nitrogen and oxygen atoms in total. The van der Waals surface area contributed by atoms with E-state index in [-0.39, 0.29) is 35.6 Å². The van der Waals surface area contributed by atoms with Crippen molar-refractivity contribution in [1.82, 2.24) is 9.71 Å². The Morgan fingerprint density at radius 3 is 2.40 bits per heavy atom. The van der Waals surface area contributed by atoms with E-state index >= 15 is 0 Å². The zero-order chi connectivity index (χ0) is 25.4. The molecule has 1 aromatic carbocycles. The number of benzene rings is 1. The van der Waals surface area contributed by atoms with Crippen molar-refractivity contribution in [2.45, 2.75) is 56.6 Å². The third kappa shape index (κ3) is 5.30. The van der Waals surface area contributed by atoms with Crippen LogP contribution >= 0.6 is 0 Å². The molecule has 0 atom stereocenters. The van der Waals surface area contributed by atoms with Crippen LogP contribution in [0.2, 0.25) is 0 Å². The summed E-state index contributed by atoms with van der Waals surface area (Å²) in [6.45, 7) is 4.33. The number of aromatic nitrogens is 1. The third-order valence-corrected chi connectivity index (χ3v) is 7.91. The normalized spacial score (nSPS) is 22.5. The van der Waals surface area contributed by atoms with Crippen LogP contribution in [-0.4, -0.2) is 46.2 Å². The first-order valence-electron chi connectivity index (χ1n) is 11.5. The molecule has 192 valence electrons. The van der Waals surface area contributed by atoms with Crippen LogP contribution in [0.4, 0.5) is 14.6 Å². The van der Waals surface area contributed by atoms with E-state index in [1.165, 1.54) is 26.5 Å². The molecule has 2 aliphatic carbocycles. The average Bonchev–Trinajstić information content (AvgIpc) is 3.37. The van der Waals surface area contributed by atoms with E-state index in [0.717, 1.165) is 0 Å². The molecular formula is C24H31F2N3O5S. The first-order chi connectivity index (χ1) is 16.5. The highest BCUT2D eigenvalue weighted by Gasteiger charge is 2.75. The lowest BCUT2D eigenvalue weighted by molar-refractivity contribution is 0.00526. The number of sulfonamides is 1. The molecule has 0 radical (unpaired) electrons. The van der Waals surface area contributed by atoms with Crippen LogP contribution in [-0.2, 0) is 16.6 Å². The van der Waals surface area contributed by atoms with Gasteiger partial charge in [0.1, 0.15) is 4.90 Å². The summed E-state index contributed by atoms with van der Waals surface area (Å²) in [7, 11) is -0.936. The van der Waals surface area contributed by atoms with Crippen molar-refractivity contribution >= 4 is 15.8 Å². The van der Waals surface area contributed by atoms with Gasteiger partial charge in [0.05, 0.1) is 20.3 Å². The predicted octanol–water partition coefficient (Wildman–Crippen LogP) is 4.21. The van der Waals surface area contributed by atoms with Gasteiger partial charge in [0.2, 0.25) is 10.0 Å². The number of hydrogen-bond donors (Lipinski definition) is 2. The molecule has 1 aromatic heterocycles. The van der Waals surface area contributed by atoms with Gasteiger partial charge in [0, 0.05) is 37.2 Å². The molecule has 0 unspecified atom stereocenters. The Hall–Kier alpha value is -2.66. The quantitative estimate of drug-likeness (QED) is 0.466. The highest BCUT2D eigenvalue weighted by molar-refractivity contribution is 7.89. The van der Waals surface area contributed by atoms with E-state index in [2.05, 4.69) is 15.0 Å². The lowest BCUT2D eigenvalue weighted by Crippen LogP contribution is -2.34. The number of hydrogen-bond acceptors (Lipinski definition) is 7. The van der Waals surface area contributed by atoms with Gasteiger partial charge in [0.15, 0.2) is 23.1 Å². The molecule has 1 spiro atoms. The minimum atomic E-state index is -3.88. The second-order valence-electron chi connectivity index (χ2n) is 9.51. The maximum Gasteiger partial charge on any atom is 0.254 e. The first-order valence-corrected chi connectivity index (χ1v) is 13.0. The van der Waals surface area contributed by atoms with Crippen molar-refractivity contribution in [1.29, 1.82) is 0 Å². The standard InChI is InChI=1S/C24H31F2N3O5S/c1-15(2)34-19-6-5-16(7-20(19)32-3)12-29-35(30,31)18-8-21(33-4)22(28-13-18)27-11-17-9-23(10-17)14-24(23,25)26/h5-8,13,15,17,29H,9-12,14H2,1-4H3,(H,27,28). The lowest BCUT2D eigenvalue weighted by atomic mass is 9.71. The fourth-order valence-electron chi connectivity index (χ4n) is 4.55. The number of pyridine rings is 1. The number of alkyl halides is 2. The summed E-state index contributed by atoms with van der Waals surface area (Å²) in [5.41, 5.74) is -0.0917. The number of rotatable bonds is 11. The van der Waals surface area contributed by atoms with Crippen LogP contribution in [0.3, 0.4) is 0 Å². The number of methoxy groups -OCH3 is 2. The van der Waals surface area contributed by atoms with Crippen LogP contribution in [0.1, 0.15) is 38.7 Å². The monoisotopic (exact) mass is 511 g/mol. The van der Waals surface area contributed by atoms with E-state index in [9.17, 15) is 17.2 Å². The molecule has 0 amide bonds. The van der Waals surface area contributed by atoms with Gasteiger partial charge in [-0.05, 0) is 50.3 Å². The van der Waals surface area contributed by atoms with Crippen LogP contribution in [0.25, 0.3) is 0 Å². The molecule has 4 rings (SSSR count). The summed E-state index contributed by atoms with van der Waals surface area (Å²) in [5, 5.41) is 3.10. The SMILES string of the molecule is COc1cc(CNS(=O)(=O)c2cnc(NCC3CC4(C3)CC4(F)F)c(OC)c2)ccc1OC(C)C. The fraction of sp³-hybridized carbons (Fsp3) is 0.542. The van der Waals surface area contributed by atoms with Crippen molar-refractivity contribution in [3.8, 4) is 17.2 Å². The smallest absolute Gasteiger partial charge is 0.254 e. The van der Waals surface area contributed by atoms with Crippen LogP contribution in [0.15, 0.2) is 35.4 Å². The Bertz CT molecular complexity index is 1180. The average molecular weight is 512 g/mol. The molecule has 0 saturated heterocycles. The van der Waals surface area contributed by atoms with Gasteiger partial charge in [-0.2, -0.15) is 0 Å². The molecular weight excluding hydrogens is 480 g/mol. The Morgan fingerprint density at radius 2 is 1.80 bits per heavy atom. The number of nitrogens with zero attached hydrogens (tertiary/aromatic N) is 1. The highest BCUT2D eigenvalue weighted by Crippen LogP contribution is 2.72. The highest BCUT2D eigenvalue weighted by atomic mass is 32.2. The molecule has 2 saturated carbocycles. The van der Waals surface area contributed by atoms with Crippen LogP contribution < -0.4 is 24.2 Å². The molecule has 35 heavy (non-hydrogen) atoms. The van der Waals surface area contributed by atoms with Gasteiger partial charge in [-0.3, -0.25) is 0 Å². The summed E-state index contributed by atoms with van der Waals surface area (Å²) in [6, 6.07) is 6.60. The largest absolute Gasteiger partial charge is 0.493 e. The first kappa shape index (κ1) is 25.4. The van der Waals surface area contributed by atoms with Crippen molar-refractivity contribution in [3.05, 3.63) is 36.0 Å². The second kappa shape index (κ2) is 9.42. The van der Waals surface area contributed by atoms with Gasteiger partial charge in [-0.1, -0.05) is 6.07 Å². The summed E-state index contributed by atoms with van der Waals surface area (Å²) < 4.78 is 71.4. The Balaban J connectivity index is 1.37. The van der Waals surface area contributed by atoms with E-state index in [4.69, 9.17) is 14.2 Å². The van der Waals surface area contributed by atoms with Crippen molar-refractivity contribution in [3.63, 3.8) is 0 Å². The number of nitrogens with one attached hydrogen (secondary N) is 2. The minimum Gasteiger partial charge on any atom is -0.493 e. The van der Waals surface area contributed by atoms with Crippen molar-refractivity contribution in [2.75, 3.05) is 26.1 Å². The molecule has 0 aliphatic heterocycles. The molecule has 0 bridgehead atoms. The third-order valence-electron chi connectivity index (χ3n) is 6.54. The topological polar surface area (TPSA) is 98.8 Å². The van der Waals surface area contributed by atoms with E-state index in [0.29, 0.717) is 42.3 Å². The Labute approximate surface area is 204 Å². The van der Waals surface area contributed by atoms with Gasteiger partial charge in [-0.25, -0.2) is 26.9 Å². The number of anilines is 1. The molecule has 11 heteroatoms. The van der Waals surface area contributed by atoms with E-state index in [1.807, 2.05) is 13.8 Å². The zero-order valence-corrected chi connectivity index (χ0v) is 21.0. The summed E-state index contributed by atoms with van der Waals surface area (Å²) in [4.78, 5) is 4.16. The zero-order valence-electron chi connectivity index (χ0n) is 20.2.